The first-order valence-electron chi connectivity index (χ1n) is 7.24. The predicted octanol–water partition coefficient (Wildman–Crippen LogP) is 5.23. The molecule has 3 rings (SSSR count). The Morgan fingerprint density at radius 2 is 1.96 bits per heavy atom. The molecule has 0 atom stereocenters. The highest BCUT2D eigenvalue weighted by Crippen LogP contribution is 2.25. The highest BCUT2D eigenvalue weighted by molar-refractivity contribution is 9.10. The number of hydrogen-bond donors (Lipinski definition) is 1. The first kappa shape index (κ1) is 16.2. The lowest BCUT2D eigenvalue weighted by Crippen LogP contribution is -1.88. The molecule has 0 fully saturated rings. The second kappa shape index (κ2) is 7.27. The van der Waals surface area contributed by atoms with Crippen molar-refractivity contribution >= 4 is 27.7 Å². The van der Waals surface area contributed by atoms with E-state index in [1.165, 1.54) is 23.4 Å². The minimum absolute atomic E-state index is 0.224. The number of aryl methyl sites for hydroxylation is 1. The second-order valence-corrected chi connectivity index (χ2v) is 6.90. The van der Waals surface area contributed by atoms with Gasteiger partial charge in [0.15, 0.2) is 5.82 Å². The van der Waals surface area contributed by atoms with Gasteiger partial charge in [-0.05, 0) is 29.7 Å². The van der Waals surface area contributed by atoms with Crippen LogP contribution in [0.4, 0.5) is 4.39 Å². The Bertz CT molecular complexity index is 802. The molecule has 0 aliphatic rings. The van der Waals surface area contributed by atoms with Gasteiger partial charge in [0, 0.05) is 15.8 Å². The van der Waals surface area contributed by atoms with E-state index >= 15 is 0 Å². The van der Waals surface area contributed by atoms with Gasteiger partial charge < -0.3 is 0 Å². The average Bonchev–Trinajstić information content (AvgIpc) is 3.03. The first-order valence-corrected chi connectivity index (χ1v) is 9.02. The average molecular weight is 392 g/mol. The number of benzene rings is 2. The maximum Gasteiger partial charge on any atom is 0.209 e. The maximum atomic E-state index is 13.8. The van der Waals surface area contributed by atoms with Crippen LogP contribution in [0.3, 0.4) is 0 Å². The van der Waals surface area contributed by atoms with Crippen LogP contribution in [0.1, 0.15) is 18.1 Å². The van der Waals surface area contributed by atoms with Gasteiger partial charge in [-0.25, -0.2) is 9.37 Å². The summed E-state index contributed by atoms with van der Waals surface area (Å²) in [5, 5.41) is 7.74. The molecule has 118 valence electrons. The zero-order valence-corrected chi connectivity index (χ0v) is 14.9. The van der Waals surface area contributed by atoms with E-state index < -0.39 is 0 Å². The largest absolute Gasteiger partial charge is 0.258 e. The van der Waals surface area contributed by atoms with Crippen LogP contribution in [0.25, 0.3) is 11.4 Å². The van der Waals surface area contributed by atoms with Crippen molar-refractivity contribution in [3.63, 3.8) is 0 Å². The SMILES string of the molecule is CCc1ccc(-c2nc(SCc3ccc(Br)cc3F)n[nH]2)cc1. The molecule has 3 nitrogen and oxygen atoms in total. The zero-order valence-electron chi connectivity index (χ0n) is 12.5. The molecule has 1 N–H and O–H groups in total. The van der Waals surface area contributed by atoms with E-state index in [0.717, 1.165) is 22.3 Å². The quantitative estimate of drug-likeness (QED) is 0.605. The van der Waals surface area contributed by atoms with Gasteiger partial charge >= 0.3 is 0 Å². The molecule has 0 bridgehead atoms. The summed E-state index contributed by atoms with van der Waals surface area (Å²) in [6.07, 6.45) is 1.01. The van der Waals surface area contributed by atoms with Crippen LogP contribution in [0.2, 0.25) is 0 Å². The monoisotopic (exact) mass is 391 g/mol. The van der Waals surface area contributed by atoms with E-state index in [0.29, 0.717) is 16.5 Å². The van der Waals surface area contributed by atoms with Crippen molar-refractivity contribution in [2.45, 2.75) is 24.3 Å². The van der Waals surface area contributed by atoms with E-state index in [4.69, 9.17) is 0 Å². The Hall–Kier alpha value is -1.66. The fourth-order valence-corrected chi connectivity index (χ4v) is 3.24. The number of thioether (sulfide) groups is 1. The molecule has 2 aromatic carbocycles. The number of nitrogens with zero attached hydrogens (tertiary/aromatic N) is 2. The maximum absolute atomic E-state index is 13.8. The summed E-state index contributed by atoms with van der Waals surface area (Å²) in [5.41, 5.74) is 2.92. The van der Waals surface area contributed by atoms with Crippen LogP contribution in [-0.2, 0) is 12.2 Å². The Morgan fingerprint density at radius 1 is 1.17 bits per heavy atom. The van der Waals surface area contributed by atoms with E-state index in [1.54, 1.807) is 6.07 Å². The van der Waals surface area contributed by atoms with Crippen molar-refractivity contribution in [1.29, 1.82) is 0 Å². The third kappa shape index (κ3) is 4.00. The van der Waals surface area contributed by atoms with E-state index in [-0.39, 0.29) is 5.82 Å². The molecule has 23 heavy (non-hydrogen) atoms. The van der Waals surface area contributed by atoms with Gasteiger partial charge in [0.1, 0.15) is 5.82 Å². The van der Waals surface area contributed by atoms with Gasteiger partial charge in [-0.15, -0.1) is 5.10 Å². The number of aromatic nitrogens is 3. The van der Waals surface area contributed by atoms with Crippen LogP contribution in [-0.4, -0.2) is 15.2 Å². The predicted molar refractivity (Wildman–Crippen MR) is 94.9 cm³/mol. The number of halogens is 2. The summed E-state index contributed by atoms with van der Waals surface area (Å²) in [4.78, 5) is 4.46. The first-order chi connectivity index (χ1) is 11.2. The number of H-pyrrole nitrogens is 1. The molecule has 0 saturated carbocycles. The van der Waals surface area contributed by atoms with Crippen molar-refractivity contribution in [2.75, 3.05) is 0 Å². The van der Waals surface area contributed by atoms with Gasteiger partial charge in [-0.1, -0.05) is 64.9 Å². The van der Waals surface area contributed by atoms with Crippen LogP contribution < -0.4 is 0 Å². The molecular formula is C17H15BrFN3S. The summed E-state index contributed by atoms with van der Waals surface area (Å²) in [6, 6.07) is 13.3. The highest BCUT2D eigenvalue weighted by atomic mass is 79.9. The summed E-state index contributed by atoms with van der Waals surface area (Å²) in [6.45, 7) is 2.12. The minimum atomic E-state index is -0.224. The van der Waals surface area contributed by atoms with Crippen LogP contribution in [0.5, 0.6) is 0 Å². The van der Waals surface area contributed by atoms with Crippen molar-refractivity contribution < 1.29 is 4.39 Å². The molecule has 1 heterocycles. The summed E-state index contributed by atoms with van der Waals surface area (Å²) in [7, 11) is 0. The summed E-state index contributed by atoms with van der Waals surface area (Å²) in [5.74, 6) is 0.995. The van der Waals surface area contributed by atoms with Gasteiger partial charge in [0.25, 0.3) is 0 Å². The molecule has 0 spiro atoms. The number of nitrogens with one attached hydrogen (secondary N) is 1. The standard InChI is InChI=1S/C17H15BrFN3S/c1-2-11-3-5-12(6-4-11)16-20-17(22-21-16)23-10-13-7-8-14(18)9-15(13)19/h3-9H,2,10H2,1H3,(H,20,21,22). The molecular weight excluding hydrogens is 377 g/mol. The lowest BCUT2D eigenvalue weighted by molar-refractivity contribution is 0.616. The van der Waals surface area contributed by atoms with E-state index in [2.05, 4.69) is 50.2 Å². The van der Waals surface area contributed by atoms with Crippen LogP contribution >= 0.6 is 27.7 Å². The lowest BCUT2D eigenvalue weighted by atomic mass is 10.1. The van der Waals surface area contributed by atoms with Crippen molar-refractivity contribution in [3.8, 4) is 11.4 Å². The smallest absolute Gasteiger partial charge is 0.209 e. The number of hydrogen-bond acceptors (Lipinski definition) is 3. The number of rotatable bonds is 5. The second-order valence-electron chi connectivity index (χ2n) is 5.04. The molecule has 3 aromatic rings. The summed E-state index contributed by atoms with van der Waals surface area (Å²) >= 11 is 4.66. The molecule has 0 radical (unpaired) electrons. The Morgan fingerprint density at radius 3 is 2.65 bits per heavy atom. The lowest BCUT2D eigenvalue weighted by Gasteiger charge is -2.01. The Kier molecular flexibility index (Phi) is 5.13. The number of aromatic amines is 1. The molecule has 0 amide bonds. The molecule has 0 unspecified atom stereocenters. The van der Waals surface area contributed by atoms with Crippen LogP contribution in [0, 0.1) is 5.82 Å². The van der Waals surface area contributed by atoms with Gasteiger partial charge in [0.05, 0.1) is 0 Å². The third-order valence-electron chi connectivity index (χ3n) is 3.47. The Balaban J connectivity index is 1.69. The van der Waals surface area contributed by atoms with Crippen molar-refractivity contribution in [2.24, 2.45) is 0 Å². The minimum Gasteiger partial charge on any atom is -0.258 e. The zero-order chi connectivity index (χ0) is 16.2. The highest BCUT2D eigenvalue weighted by Gasteiger charge is 2.09. The Labute approximate surface area is 146 Å². The van der Waals surface area contributed by atoms with E-state index in [9.17, 15) is 4.39 Å². The van der Waals surface area contributed by atoms with Gasteiger partial charge in [-0.3, -0.25) is 5.10 Å². The molecule has 1 aromatic heterocycles. The fourth-order valence-electron chi connectivity index (χ4n) is 2.12. The van der Waals surface area contributed by atoms with Gasteiger partial charge in [0.2, 0.25) is 5.16 Å². The fraction of sp³-hybridized carbons (Fsp3) is 0.176. The van der Waals surface area contributed by atoms with Crippen molar-refractivity contribution in [1.82, 2.24) is 15.2 Å². The van der Waals surface area contributed by atoms with Crippen molar-refractivity contribution in [3.05, 3.63) is 63.9 Å². The molecule has 6 heteroatoms. The van der Waals surface area contributed by atoms with E-state index in [1.807, 2.05) is 18.2 Å². The van der Waals surface area contributed by atoms with Gasteiger partial charge in [-0.2, -0.15) is 0 Å². The normalized spacial score (nSPS) is 10.9. The summed E-state index contributed by atoms with van der Waals surface area (Å²) < 4.78 is 14.5. The van der Waals surface area contributed by atoms with Crippen LogP contribution in [0.15, 0.2) is 52.1 Å². The molecule has 0 aliphatic carbocycles. The third-order valence-corrected chi connectivity index (χ3v) is 4.86. The topological polar surface area (TPSA) is 41.6 Å². The molecule has 0 saturated heterocycles. The molecule has 0 aliphatic heterocycles.